The Morgan fingerprint density at radius 2 is 1.90 bits per heavy atom. The largest absolute Gasteiger partial charge is 0.484 e. The highest BCUT2D eigenvalue weighted by Crippen LogP contribution is 2.22. The Kier molecular flexibility index (Phi) is 10.4. The van der Waals surface area contributed by atoms with E-state index in [1.807, 2.05) is 24.3 Å². The zero-order valence-corrected chi connectivity index (χ0v) is 20.3. The van der Waals surface area contributed by atoms with Crippen LogP contribution in [0.1, 0.15) is 24.5 Å². The molecular formula is C24H31IN4O2. The van der Waals surface area contributed by atoms with Crippen molar-refractivity contribution < 1.29 is 9.53 Å². The fraction of sp³-hybridized carbons (Fsp3) is 0.333. The topological polar surface area (TPSA) is 80.0 Å². The molecule has 6 nitrogen and oxygen atoms in total. The van der Waals surface area contributed by atoms with Crippen molar-refractivity contribution in [2.75, 3.05) is 32.8 Å². The number of aliphatic imine (C=N–C) groups is 1. The number of nitrogens with zero attached hydrogens (tertiary/aromatic N) is 2. The zero-order valence-electron chi connectivity index (χ0n) is 17.9. The van der Waals surface area contributed by atoms with Crippen LogP contribution in [0.2, 0.25) is 0 Å². The molecule has 1 aliphatic rings. The molecular weight excluding hydrogens is 503 g/mol. The van der Waals surface area contributed by atoms with Gasteiger partial charge in [-0.3, -0.25) is 9.79 Å². The van der Waals surface area contributed by atoms with Gasteiger partial charge in [-0.05, 0) is 48.6 Å². The predicted molar refractivity (Wildman–Crippen MR) is 137 cm³/mol. The highest BCUT2D eigenvalue weighted by molar-refractivity contribution is 14.0. The number of rotatable bonds is 8. The summed E-state index contributed by atoms with van der Waals surface area (Å²) in [6, 6.07) is 18.3. The normalized spacial score (nSPS) is 13.8. The maximum atomic E-state index is 10.8. The average molecular weight is 534 g/mol. The Balaban J connectivity index is 0.00000341. The summed E-state index contributed by atoms with van der Waals surface area (Å²) in [4.78, 5) is 17.9. The molecule has 0 fully saturated rings. The molecule has 1 heterocycles. The second-order valence-corrected chi connectivity index (χ2v) is 7.18. The molecule has 3 N–H and O–H groups in total. The fourth-order valence-electron chi connectivity index (χ4n) is 3.40. The lowest BCUT2D eigenvalue weighted by Crippen LogP contribution is -2.43. The molecule has 31 heavy (non-hydrogen) atoms. The second kappa shape index (κ2) is 13.0. The first-order valence-electron chi connectivity index (χ1n) is 10.4. The minimum atomic E-state index is -0.479. The van der Waals surface area contributed by atoms with Gasteiger partial charge in [0, 0.05) is 26.2 Å². The molecule has 0 spiro atoms. The highest BCUT2D eigenvalue weighted by Gasteiger charge is 2.16. The van der Waals surface area contributed by atoms with Crippen LogP contribution in [0.3, 0.4) is 0 Å². The van der Waals surface area contributed by atoms with Crippen LogP contribution in [0.5, 0.6) is 5.75 Å². The number of guanidine groups is 1. The van der Waals surface area contributed by atoms with Gasteiger partial charge in [0.25, 0.3) is 5.91 Å². The zero-order chi connectivity index (χ0) is 21.2. The number of primary amides is 1. The number of amides is 1. The van der Waals surface area contributed by atoms with E-state index in [4.69, 9.17) is 15.5 Å². The van der Waals surface area contributed by atoms with Gasteiger partial charge in [-0.1, -0.05) is 48.5 Å². The predicted octanol–water partition coefficient (Wildman–Crippen LogP) is 3.47. The van der Waals surface area contributed by atoms with Gasteiger partial charge in [0.2, 0.25) is 0 Å². The van der Waals surface area contributed by atoms with Gasteiger partial charge < -0.3 is 20.7 Å². The van der Waals surface area contributed by atoms with Crippen LogP contribution in [0, 0.1) is 0 Å². The van der Waals surface area contributed by atoms with Crippen molar-refractivity contribution in [3.8, 4) is 5.75 Å². The number of halogens is 1. The molecule has 0 radical (unpaired) electrons. The molecule has 0 atom stereocenters. The minimum Gasteiger partial charge on any atom is -0.484 e. The summed E-state index contributed by atoms with van der Waals surface area (Å²) in [5, 5.41) is 3.41. The van der Waals surface area contributed by atoms with Gasteiger partial charge in [-0.25, -0.2) is 0 Å². The van der Waals surface area contributed by atoms with Crippen molar-refractivity contribution in [1.29, 1.82) is 0 Å². The van der Waals surface area contributed by atoms with Crippen molar-refractivity contribution in [1.82, 2.24) is 10.2 Å². The van der Waals surface area contributed by atoms with Crippen molar-refractivity contribution in [3.05, 3.63) is 71.8 Å². The Labute approximate surface area is 201 Å². The fourth-order valence-corrected chi connectivity index (χ4v) is 3.40. The highest BCUT2D eigenvalue weighted by atomic mass is 127. The molecule has 3 rings (SSSR count). The summed E-state index contributed by atoms with van der Waals surface area (Å²) in [5.41, 5.74) is 8.98. The summed E-state index contributed by atoms with van der Waals surface area (Å²) in [6.45, 7) is 5.36. The number of hydrogen-bond donors (Lipinski definition) is 2. The van der Waals surface area contributed by atoms with E-state index < -0.39 is 5.91 Å². The summed E-state index contributed by atoms with van der Waals surface area (Å²) in [6.07, 6.45) is 4.15. The third-order valence-corrected chi connectivity index (χ3v) is 4.95. The Morgan fingerprint density at radius 3 is 2.52 bits per heavy atom. The van der Waals surface area contributed by atoms with Gasteiger partial charge >= 0.3 is 0 Å². The van der Waals surface area contributed by atoms with Gasteiger partial charge in [-0.15, -0.1) is 24.0 Å². The first-order chi connectivity index (χ1) is 14.7. The number of nitrogens with two attached hydrogens (primary N) is 1. The monoisotopic (exact) mass is 534 g/mol. The van der Waals surface area contributed by atoms with Crippen LogP contribution in [-0.2, 0) is 11.2 Å². The molecule has 0 aromatic heterocycles. The van der Waals surface area contributed by atoms with E-state index in [0.717, 1.165) is 38.4 Å². The molecule has 1 amide bonds. The smallest absolute Gasteiger partial charge is 0.255 e. The molecule has 0 unspecified atom stereocenters. The summed E-state index contributed by atoms with van der Waals surface area (Å²) in [7, 11) is 0. The Hall–Kier alpha value is -2.55. The molecule has 0 aliphatic carbocycles. The summed E-state index contributed by atoms with van der Waals surface area (Å²) < 4.78 is 5.29. The first kappa shape index (κ1) is 24.7. The van der Waals surface area contributed by atoms with E-state index in [-0.39, 0.29) is 30.6 Å². The summed E-state index contributed by atoms with van der Waals surface area (Å²) >= 11 is 0. The van der Waals surface area contributed by atoms with Crippen molar-refractivity contribution in [3.63, 3.8) is 0 Å². The Morgan fingerprint density at radius 1 is 1.16 bits per heavy atom. The number of carbonyl (C=O) groups is 1. The van der Waals surface area contributed by atoms with Crippen molar-refractivity contribution >= 4 is 41.4 Å². The van der Waals surface area contributed by atoms with E-state index in [1.54, 1.807) is 0 Å². The van der Waals surface area contributed by atoms with Crippen LogP contribution in [0.4, 0.5) is 0 Å². The minimum absolute atomic E-state index is 0. The number of hydrogen-bond acceptors (Lipinski definition) is 3. The van der Waals surface area contributed by atoms with Gasteiger partial charge in [0.15, 0.2) is 12.6 Å². The van der Waals surface area contributed by atoms with Gasteiger partial charge in [-0.2, -0.15) is 0 Å². The lowest BCUT2D eigenvalue weighted by molar-refractivity contribution is -0.119. The van der Waals surface area contributed by atoms with E-state index in [9.17, 15) is 4.79 Å². The number of nitrogens with one attached hydrogen (secondary N) is 1. The molecule has 166 valence electrons. The molecule has 7 heteroatoms. The third-order valence-electron chi connectivity index (χ3n) is 4.95. The molecule has 0 saturated carbocycles. The van der Waals surface area contributed by atoms with Gasteiger partial charge in [0.05, 0.1) is 0 Å². The number of benzene rings is 2. The lowest BCUT2D eigenvalue weighted by atomic mass is 10.00. The maximum Gasteiger partial charge on any atom is 0.255 e. The lowest BCUT2D eigenvalue weighted by Gasteiger charge is -2.30. The van der Waals surface area contributed by atoms with E-state index in [1.165, 1.54) is 16.7 Å². The standard InChI is InChI=1S/C24H30N4O2.HI/c1-2-26-24(28-16-13-21(14-17-28)20-6-4-3-5-7-20)27-15-12-19-8-10-22(11-9-19)30-18-23(25)29;/h3-11,13H,2,12,14-18H2,1H3,(H2,25,29)(H,26,27);1H. The number of ether oxygens (including phenoxy) is 1. The van der Waals surface area contributed by atoms with Crippen LogP contribution in [-0.4, -0.2) is 49.6 Å². The van der Waals surface area contributed by atoms with E-state index in [2.05, 4.69) is 53.5 Å². The van der Waals surface area contributed by atoms with Crippen molar-refractivity contribution in [2.24, 2.45) is 10.7 Å². The average Bonchev–Trinajstić information content (AvgIpc) is 2.79. The van der Waals surface area contributed by atoms with Crippen LogP contribution in [0.25, 0.3) is 5.57 Å². The summed E-state index contributed by atoms with van der Waals surface area (Å²) in [5.74, 6) is 1.12. The quantitative estimate of drug-likeness (QED) is 0.309. The molecule has 2 aromatic carbocycles. The SMILES string of the molecule is CCNC(=NCCc1ccc(OCC(N)=O)cc1)N1CC=C(c2ccccc2)CC1.I. The Bertz CT molecular complexity index is 882. The maximum absolute atomic E-state index is 10.8. The first-order valence-corrected chi connectivity index (χ1v) is 10.4. The van der Waals surface area contributed by atoms with Crippen LogP contribution >= 0.6 is 24.0 Å². The van der Waals surface area contributed by atoms with Crippen LogP contribution in [0.15, 0.2) is 65.7 Å². The molecule has 1 aliphatic heterocycles. The van der Waals surface area contributed by atoms with Crippen molar-refractivity contribution in [2.45, 2.75) is 19.8 Å². The van der Waals surface area contributed by atoms with E-state index >= 15 is 0 Å². The van der Waals surface area contributed by atoms with Crippen LogP contribution < -0.4 is 15.8 Å². The third kappa shape index (κ3) is 7.90. The van der Waals surface area contributed by atoms with Gasteiger partial charge in [0.1, 0.15) is 5.75 Å². The molecule has 2 aromatic rings. The molecule has 0 saturated heterocycles. The van der Waals surface area contributed by atoms with E-state index in [0.29, 0.717) is 12.3 Å². The number of carbonyl (C=O) groups excluding carboxylic acids is 1. The second-order valence-electron chi connectivity index (χ2n) is 7.18. The molecule has 0 bridgehead atoms.